The van der Waals surface area contributed by atoms with Gasteiger partial charge in [-0.15, -0.1) is 10.2 Å². The number of anilines is 3. The number of ether oxygens (including phenoxy) is 1. The van der Waals surface area contributed by atoms with Crippen molar-refractivity contribution < 1.29 is 18.3 Å². The third kappa shape index (κ3) is 6.57. The van der Waals surface area contributed by atoms with Gasteiger partial charge in [-0.2, -0.15) is 8.78 Å². The molecule has 2 N–H and O–H groups in total. The molecule has 0 unspecified atom stereocenters. The van der Waals surface area contributed by atoms with Gasteiger partial charge in [-0.25, -0.2) is 0 Å². The molecule has 1 amide bonds. The molecule has 0 saturated heterocycles. The Morgan fingerprint density at radius 3 is 2.73 bits per heavy atom. The van der Waals surface area contributed by atoms with E-state index in [1.807, 2.05) is 12.1 Å². The Bertz CT molecular complexity index is 1020. The van der Waals surface area contributed by atoms with Crippen molar-refractivity contribution in [2.24, 2.45) is 0 Å². The molecule has 3 aromatic rings. The number of amides is 1. The first kappa shape index (κ1) is 22.3. The fourth-order valence-electron chi connectivity index (χ4n) is 2.46. The van der Waals surface area contributed by atoms with Gasteiger partial charge in [0, 0.05) is 24.1 Å². The average Bonchev–Trinajstić information content (AvgIpc) is 3.14. The molecule has 0 spiro atoms. The highest BCUT2D eigenvalue weighted by molar-refractivity contribution is 8.00. The van der Waals surface area contributed by atoms with Crippen LogP contribution in [0, 0.1) is 0 Å². The van der Waals surface area contributed by atoms with Gasteiger partial charge in [0.05, 0.1) is 12.0 Å². The Morgan fingerprint density at radius 2 is 2.00 bits per heavy atom. The van der Waals surface area contributed by atoms with Gasteiger partial charge in [-0.05, 0) is 35.9 Å². The maximum atomic E-state index is 12.6. The molecule has 6 nitrogen and oxygen atoms in total. The molecule has 0 atom stereocenters. The number of carbonyl (C=O) groups is 1. The van der Waals surface area contributed by atoms with Crippen LogP contribution in [-0.2, 0) is 10.5 Å². The minimum absolute atomic E-state index is 0.140. The second-order valence-corrected chi connectivity index (χ2v) is 9.14. The summed E-state index contributed by atoms with van der Waals surface area (Å²) in [6.45, 7) is 1.45. The highest BCUT2D eigenvalue weighted by Crippen LogP contribution is 2.36. The van der Waals surface area contributed by atoms with Crippen LogP contribution >= 0.6 is 34.9 Å². The number of alkyl halides is 2. The number of benzene rings is 2. The molecule has 11 heteroatoms. The number of methoxy groups -OCH3 is 1. The maximum Gasteiger partial charge on any atom is 0.289 e. The number of hydrogen-bond donors (Lipinski definition) is 2. The predicted octanol–water partition coefficient (Wildman–Crippen LogP) is 5.86. The van der Waals surface area contributed by atoms with Gasteiger partial charge in [-0.1, -0.05) is 47.0 Å². The lowest BCUT2D eigenvalue weighted by Crippen LogP contribution is -2.05. The van der Waals surface area contributed by atoms with Crippen molar-refractivity contribution in [2.75, 3.05) is 17.7 Å². The van der Waals surface area contributed by atoms with Gasteiger partial charge >= 0.3 is 0 Å². The number of carbonyl (C=O) groups excluding carboxylic acids is 1. The fraction of sp³-hybridized carbons (Fsp3) is 0.211. The fourth-order valence-corrected chi connectivity index (χ4v) is 4.77. The molecular formula is C19H18F2N4O2S3. The van der Waals surface area contributed by atoms with E-state index < -0.39 is 5.76 Å². The monoisotopic (exact) mass is 468 g/mol. The summed E-state index contributed by atoms with van der Waals surface area (Å²) in [7, 11) is 1.46. The van der Waals surface area contributed by atoms with E-state index in [1.165, 1.54) is 37.1 Å². The van der Waals surface area contributed by atoms with Crippen molar-refractivity contribution in [2.45, 2.75) is 27.7 Å². The summed E-state index contributed by atoms with van der Waals surface area (Å²) in [5.74, 6) is -1.61. The van der Waals surface area contributed by atoms with E-state index in [0.717, 1.165) is 15.6 Å². The number of halogens is 2. The number of rotatable bonds is 9. The van der Waals surface area contributed by atoms with Crippen LogP contribution in [0.3, 0.4) is 0 Å². The van der Waals surface area contributed by atoms with Gasteiger partial charge in [-0.3, -0.25) is 4.79 Å². The Balaban J connectivity index is 1.60. The van der Waals surface area contributed by atoms with Crippen molar-refractivity contribution >= 4 is 57.3 Å². The number of nitrogens with zero attached hydrogens (tertiary/aromatic N) is 2. The molecule has 0 radical (unpaired) electrons. The highest BCUT2D eigenvalue weighted by Gasteiger charge is 2.12. The lowest BCUT2D eigenvalue weighted by Gasteiger charge is -2.09. The largest absolute Gasteiger partial charge is 0.496 e. The SMILES string of the molecule is COc1cc(CSc2nnc(Nc3cccc(NC(C)=O)c3)s2)ccc1SC(F)F. The Kier molecular flexibility index (Phi) is 7.88. The molecule has 1 aromatic heterocycles. The van der Waals surface area contributed by atoms with Gasteiger partial charge in [0.15, 0.2) is 4.34 Å². The number of thioether (sulfide) groups is 2. The minimum Gasteiger partial charge on any atom is -0.496 e. The van der Waals surface area contributed by atoms with E-state index in [0.29, 0.717) is 39.0 Å². The van der Waals surface area contributed by atoms with Crippen LogP contribution in [-0.4, -0.2) is 29.0 Å². The summed E-state index contributed by atoms with van der Waals surface area (Å²) >= 11 is 3.35. The predicted molar refractivity (Wildman–Crippen MR) is 118 cm³/mol. The first-order chi connectivity index (χ1) is 14.4. The van der Waals surface area contributed by atoms with Gasteiger partial charge in [0.2, 0.25) is 11.0 Å². The lowest BCUT2D eigenvalue weighted by molar-refractivity contribution is -0.114. The summed E-state index contributed by atoms with van der Waals surface area (Å²) in [6, 6.07) is 12.5. The third-order valence-corrected chi connectivity index (χ3v) is 6.46. The molecule has 158 valence electrons. The van der Waals surface area contributed by atoms with E-state index >= 15 is 0 Å². The highest BCUT2D eigenvalue weighted by atomic mass is 32.2. The van der Waals surface area contributed by atoms with Gasteiger partial charge in [0.25, 0.3) is 5.76 Å². The second kappa shape index (κ2) is 10.6. The summed E-state index contributed by atoms with van der Waals surface area (Å²) in [6.07, 6.45) is 0. The Hall–Kier alpha value is -2.37. The molecular weight excluding hydrogens is 450 g/mol. The first-order valence-electron chi connectivity index (χ1n) is 8.65. The first-order valence-corrected chi connectivity index (χ1v) is 11.3. The smallest absolute Gasteiger partial charge is 0.289 e. The van der Waals surface area contributed by atoms with E-state index in [-0.39, 0.29) is 5.91 Å². The molecule has 3 rings (SSSR count). The van der Waals surface area contributed by atoms with Crippen LogP contribution < -0.4 is 15.4 Å². The normalized spacial score (nSPS) is 10.8. The molecule has 0 fully saturated rings. The molecule has 0 saturated carbocycles. The van der Waals surface area contributed by atoms with Crippen LogP contribution in [0.2, 0.25) is 0 Å². The van der Waals surface area contributed by atoms with Crippen molar-refractivity contribution in [1.82, 2.24) is 10.2 Å². The molecule has 0 aliphatic carbocycles. The molecule has 0 aliphatic rings. The maximum absolute atomic E-state index is 12.6. The van der Waals surface area contributed by atoms with Crippen molar-refractivity contribution in [3.63, 3.8) is 0 Å². The molecule has 0 bridgehead atoms. The van der Waals surface area contributed by atoms with Gasteiger partial charge < -0.3 is 15.4 Å². The minimum atomic E-state index is -2.50. The van der Waals surface area contributed by atoms with E-state index in [9.17, 15) is 13.6 Å². The summed E-state index contributed by atoms with van der Waals surface area (Å²) in [5.41, 5.74) is 2.41. The van der Waals surface area contributed by atoms with E-state index in [4.69, 9.17) is 4.74 Å². The number of nitrogens with one attached hydrogen (secondary N) is 2. The summed E-state index contributed by atoms with van der Waals surface area (Å²) < 4.78 is 31.2. The number of aromatic nitrogens is 2. The van der Waals surface area contributed by atoms with E-state index in [1.54, 1.807) is 30.3 Å². The molecule has 0 aliphatic heterocycles. The van der Waals surface area contributed by atoms with Gasteiger partial charge in [0.1, 0.15) is 5.75 Å². The third-order valence-electron chi connectivity index (χ3n) is 3.65. The Labute approximate surface area is 184 Å². The van der Waals surface area contributed by atoms with Crippen molar-refractivity contribution in [1.29, 1.82) is 0 Å². The van der Waals surface area contributed by atoms with Crippen LogP contribution in [0.4, 0.5) is 25.3 Å². The molecule has 1 heterocycles. The topological polar surface area (TPSA) is 76.1 Å². The van der Waals surface area contributed by atoms with Crippen molar-refractivity contribution in [3.8, 4) is 5.75 Å². The molecule has 30 heavy (non-hydrogen) atoms. The van der Waals surface area contributed by atoms with Crippen molar-refractivity contribution in [3.05, 3.63) is 48.0 Å². The van der Waals surface area contributed by atoms with Crippen LogP contribution in [0.25, 0.3) is 0 Å². The molecule has 2 aromatic carbocycles. The lowest BCUT2D eigenvalue weighted by atomic mass is 10.2. The quantitative estimate of drug-likeness (QED) is 0.381. The summed E-state index contributed by atoms with van der Waals surface area (Å²) in [5, 5.41) is 14.8. The summed E-state index contributed by atoms with van der Waals surface area (Å²) in [4.78, 5) is 11.6. The van der Waals surface area contributed by atoms with E-state index in [2.05, 4.69) is 20.8 Å². The zero-order chi connectivity index (χ0) is 21.5. The van der Waals surface area contributed by atoms with Crippen LogP contribution in [0.15, 0.2) is 51.7 Å². The zero-order valence-corrected chi connectivity index (χ0v) is 18.5. The average molecular weight is 469 g/mol. The Morgan fingerprint density at radius 1 is 1.20 bits per heavy atom. The zero-order valence-electron chi connectivity index (χ0n) is 16.0. The second-order valence-electron chi connectivity index (χ2n) is 5.91. The standard InChI is InChI=1S/C19H18F2N4O2S3/c1-11(26)22-13-4-3-5-14(9-13)23-18-24-25-19(30-18)28-10-12-6-7-16(29-17(20)21)15(8-12)27-2/h3-9,17H,10H2,1-2H3,(H,22,26)(H,23,24). The number of hydrogen-bond acceptors (Lipinski definition) is 8. The van der Waals surface area contributed by atoms with Crippen LogP contribution in [0.1, 0.15) is 12.5 Å². The van der Waals surface area contributed by atoms with Crippen LogP contribution in [0.5, 0.6) is 5.75 Å².